The summed E-state index contributed by atoms with van der Waals surface area (Å²) >= 11 is 0. The van der Waals surface area contributed by atoms with Crippen LogP contribution in [-0.4, -0.2) is 24.1 Å². The van der Waals surface area contributed by atoms with Gasteiger partial charge in [-0.3, -0.25) is 9.59 Å². The molecule has 5 heteroatoms. The molecular formula is C19H19NO4. The van der Waals surface area contributed by atoms with E-state index in [0.717, 1.165) is 22.6 Å². The lowest BCUT2D eigenvalue weighted by molar-refractivity contribution is -0.140. The topological polar surface area (TPSA) is 66.8 Å². The first-order valence-electron chi connectivity index (χ1n) is 7.82. The summed E-state index contributed by atoms with van der Waals surface area (Å²) in [6.07, 6.45) is 0.326. The van der Waals surface area contributed by atoms with Crippen LogP contribution in [0.3, 0.4) is 0 Å². The third-order valence-electron chi connectivity index (χ3n) is 4.28. The number of rotatable bonds is 5. The Morgan fingerprint density at radius 3 is 2.58 bits per heavy atom. The van der Waals surface area contributed by atoms with Crippen LogP contribution >= 0.6 is 0 Å². The zero-order valence-electron chi connectivity index (χ0n) is 13.4. The Hall–Kier alpha value is -2.82. The number of methoxy groups -OCH3 is 1. The maximum atomic E-state index is 12.8. The molecule has 0 radical (unpaired) electrons. The van der Waals surface area contributed by atoms with Crippen LogP contribution in [-0.2, 0) is 22.6 Å². The van der Waals surface area contributed by atoms with Crippen molar-refractivity contribution < 1.29 is 19.4 Å². The molecule has 1 aliphatic heterocycles. The molecule has 24 heavy (non-hydrogen) atoms. The van der Waals surface area contributed by atoms with Crippen molar-refractivity contribution in [3.63, 3.8) is 0 Å². The Morgan fingerprint density at radius 1 is 1.21 bits per heavy atom. The number of fused-ring (bicyclic) bond motifs is 1. The lowest BCUT2D eigenvalue weighted by atomic mass is 9.89. The second kappa shape index (κ2) is 6.74. The monoisotopic (exact) mass is 325 g/mol. The quantitative estimate of drug-likeness (QED) is 0.918. The van der Waals surface area contributed by atoms with E-state index in [4.69, 9.17) is 9.84 Å². The van der Waals surface area contributed by atoms with Crippen molar-refractivity contribution >= 4 is 17.6 Å². The molecule has 1 atom stereocenters. The lowest BCUT2D eigenvalue weighted by Crippen LogP contribution is -2.41. The molecular weight excluding hydrogens is 306 g/mol. The number of para-hydroxylation sites is 1. The van der Waals surface area contributed by atoms with Crippen LogP contribution in [0, 0.1) is 5.92 Å². The molecule has 2 aromatic rings. The van der Waals surface area contributed by atoms with Crippen molar-refractivity contribution in [3.05, 3.63) is 59.7 Å². The van der Waals surface area contributed by atoms with Crippen molar-refractivity contribution in [2.24, 2.45) is 5.92 Å². The van der Waals surface area contributed by atoms with E-state index in [9.17, 15) is 9.59 Å². The summed E-state index contributed by atoms with van der Waals surface area (Å²) in [7, 11) is 1.61. The maximum Gasteiger partial charge on any atom is 0.304 e. The van der Waals surface area contributed by atoms with Gasteiger partial charge >= 0.3 is 5.97 Å². The Morgan fingerprint density at radius 2 is 1.92 bits per heavy atom. The van der Waals surface area contributed by atoms with E-state index >= 15 is 0 Å². The van der Waals surface area contributed by atoms with Crippen molar-refractivity contribution in [2.75, 3.05) is 12.0 Å². The molecule has 0 aliphatic carbocycles. The molecule has 1 amide bonds. The van der Waals surface area contributed by atoms with E-state index in [1.54, 1.807) is 12.0 Å². The molecule has 0 saturated heterocycles. The van der Waals surface area contributed by atoms with Crippen molar-refractivity contribution in [3.8, 4) is 5.75 Å². The average Bonchev–Trinajstić information content (AvgIpc) is 2.58. The predicted octanol–water partition coefficient (Wildman–Crippen LogP) is 2.88. The van der Waals surface area contributed by atoms with Crippen LogP contribution in [0.15, 0.2) is 48.5 Å². The van der Waals surface area contributed by atoms with Crippen LogP contribution in [0.5, 0.6) is 5.75 Å². The van der Waals surface area contributed by atoms with E-state index in [1.165, 1.54) is 0 Å². The summed E-state index contributed by atoms with van der Waals surface area (Å²) in [5.41, 5.74) is 2.84. The fraction of sp³-hybridized carbons (Fsp3) is 0.263. The predicted molar refractivity (Wildman–Crippen MR) is 90.1 cm³/mol. The molecule has 0 fully saturated rings. The highest BCUT2D eigenvalue weighted by atomic mass is 16.5. The molecule has 0 bridgehead atoms. The Labute approximate surface area is 140 Å². The molecule has 1 heterocycles. The fourth-order valence-corrected chi connectivity index (χ4v) is 3.09. The first kappa shape index (κ1) is 16.1. The van der Waals surface area contributed by atoms with Gasteiger partial charge in [-0.15, -0.1) is 0 Å². The number of amides is 1. The highest BCUT2D eigenvalue weighted by molar-refractivity contribution is 5.99. The van der Waals surface area contributed by atoms with Gasteiger partial charge in [0.25, 0.3) is 0 Å². The van der Waals surface area contributed by atoms with Crippen LogP contribution in [0.25, 0.3) is 0 Å². The van der Waals surface area contributed by atoms with Gasteiger partial charge < -0.3 is 14.7 Å². The minimum Gasteiger partial charge on any atom is -0.497 e. The van der Waals surface area contributed by atoms with Crippen molar-refractivity contribution in [2.45, 2.75) is 19.4 Å². The van der Waals surface area contributed by atoms with Crippen molar-refractivity contribution in [1.29, 1.82) is 0 Å². The number of carbonyl (C=O) groups excluding carboxylic acids is 1. The number of anilines is 1. The van der Waals surface area contributed by atoms with Crippen LogP contribution < -0.4 is 9.64 Å². The van der Waals surface area contributed by atoms with Gasteiger partial charge in [0.1, 0.15) is 5.75 Å². The molecule has 0 aromatic heterocycles. The van der Waals surface area contributed by atoms with Gasteiger partial charge in [0.05, 0.1) is 26.0 Å². The summed E-state index contributed by atoms with van der Waals surface area (Å²) in [4.78, 5) is 25.6. The summed E-state index contributed by atoms with van der Waals surface area (Å²) in [6.45, 7) is 0.413. The standard InChI is InChI=1S/C19H19NO4/c1-24-16-8-6-13(7-9-16)12-20-17-5-3-2-4-14(17)10-15(19(20)23)11-18(21)22/h2-9,15H,10-12H2,1H3,(H,21,22). The summed E-state index contributed by atoms with van der Waals surface area (Å²) < 4.78 is 5.15. The van der Waals surface area contributed by atoms with E-state index in [2.05, 4.69) is 0 Å². The highest BCUT2D eigenvalue weighted by Gasteiger charge is 2.33. The van der Waals surface area contributed by atoms with Gasteiger partial charge in [-0.2, -0.15) is 0 Å². The molecule has 2 aromatic carbocycles. The van der Waals surface area contributed by atoms with E-state index in [0.29, 0.717) is 13.0 Å². The number of hydrogen-bond donors (Lipinski definition) is 1. The second-order valence-electron chi connectivity index (χ2n) is 5.90. The molecule has 3 rings (SSSR count). The van der Waals surface area contributed by atoms with Gasteiger partial charge in [-0.05, 0) is 35.7 Å². The number of carbonyl (C=O) groups is 2. The number of benzene rings is 2. The first-order chi connectivity index (χ1) is 11.6. The molecule has 0 spiro atoms. The van der Waals surface area contributed by atoms with Gasteiger partial charge in [0.15, 0.2) is 0 Å². The number of carboxylic acids is 1. The fourth-order valence-electron chi connectivity index (χ4n) is 3.09. The first-order valence-corrected chi connectivity index (χ1v) is 7.82. The molecule has 5 nitrogen and oxygen atoms in total. The normalized spacial score (nSPS) is 16.6. The second-order valence-corrected chi connectivity index (χ2v) is 5.90. The molecule has 1 aliphatic rings. The maximum absolute atomic E-state index is 12.8. The Balaban J connectivity index is 1.90. The van der Waals surface area contributed by atoms with E-state index in [-0.39, 0.29) is 12.3 Å². The van der Waals surface area contributed by atoms with Gasteiger partial charge in [-0.1, -0.05) is 30.3 Å². The number of aliphatic carboxylic acids is 1. The zero-order chi connectivity index (χ0) is 17.1. The summed E-state index contributed by atoms with van der Waals surface area (Å²) in [5, 5.41) is 9.08. The largest absolute Gasteiger partial charge is 0.497 e. The van der Waals surface area contributed by atoms with Crippen molar-refractivity contribution in [1.82, 2.24) is 0 Å². The third kappa shape index (κ3) is 3.25. The van der Waals surface area contributed by atoms with E-state index in [1.807, 2.05) is 48.5 Å². The Kier molecular flexibility index (Phi) is 4.51. The van der Waals surface area contributed by atoms with Crippen LogP contribution in [0.4, 0.5) is 5.69 Å². The van der Waals surface area contributed by atoms with Gasteiger partial charge in [0, 0.05) is 5.69 Å². The summed E-state index contributed by atoms with van der Waals surface area (Å²) in [6, 6.07) is 15.2. The molecule has 0 saturated carbocycles. The van der Waals surface area contributed by atoms with Crippen LogP contribution in [0.2, 0.25) is 0 Å². The molecule has 1 N–H and O–H groups in total. The number of ether oxygens (including phenoxy) is 1. The minimum atomic E-state index is -0.947. The number of nitrogens with zero attached hydrogens (tertiary/aromatic N) is 1. The SMILES string of the molecule is COc1ccc(CN2C(=O)C(CC(=O)O)Cc3ccccc32)cc1. The zero-order valence-corrected chi connectivity index (χ0v) is 13.4. The number of carboxylic acid groups (broad SMARTS) is 1. The Bertz CT molecular complexity index is 754. The smallest absolute Gasteiger partial charge is 0.304 e. The minimum absolute atomic E-state index is 0.132. The third-order valence-corrected chi connectivity index (χ3v) is 4.28. The van der Waals surface area contributed by atoms with Gasteiger partial charge in [0.2, 0.25) is 5.91 Å². The molecule has 1 unspecified atom stereocenters. The lowest BCUT2D eigenvalue weighted by Gasteiger charge is -2.34. The summed E-state index contributed by atoms with van der Waals surface area (Å²) in [5.74, 6) is -0.840. The van der Waals surface area contributed by atoms with Crippen LogP contribution in [0.1, 0.15) is 17.5 Å². The highest BCUT2D eigenvalue weighted by Crippen LogP contribution is 2.33. The van der Waals surface area contributed by atoms with Gasteiger partial charge in [-0.25, -0.2) is 0 Å². The van der Waals surface area contributed by atoms with E-state index < -0.39 is 11.9 Å². The average molecular weight is 325 g/mol. The number of hydrogen-bond acceptors (Lipinski definition) is 3. The molecule has 124 valence electrons.